The monoisotopic (exact) mass is 378 g/mol. The van der Waals surface area contributed by atoms with Crippen LogP contribution in [-0.4, -0.2) is 33.0 Å². The van der Waals surface area contributed by atoms with Crippen molar-refractivity contribution >= 4 is 22.4 Å². The first-order valence-corrected chi connectivity index (χ1v) is 9.55. The lowest BCUT2D eigenvalue weighted by atomic mass is 10.1. The molecule has 1 amide bonds. The molecule has 0 aliphatic carbocycles. The van der Waals surface area contributed by atoms with Gasteiger partial charge in [0, 0.05) is 37.4 Å². The van der Waals surface area contributed by atoms with Crippen molar-refractivity contribution in [1.82, 2.24) is 19.9 Å². The average Bonchev–Trinajstić information content (AvgIpc) is 3.43. The number of hydrogen-bond acceptors (Lipinski definition) is 6. The Morgan fingerprint density at radius 1 is 1.33 bits per heavy atom. The summed E-state index contributed by atoms with van der Waals surface area (Å²) in [4.78, 5) is 22.8. The van der Waals surface area contributed by atoms with E-state index in [0.717, 1.165) is 22.8 Å². The van der Waals surface area contributed by atoms with E-state index in [0.29, 0.717) is 25.2 Å². The molecule has 7 nitrogen and oxygen atoms in total. The van der Waals surface area contributed by atoms with Crippen LogP contribution in [-0.2, 0) is 17.9 Å². The van der Waals surface area contributed by atoms with E-state index in [2.05, 4.69) is 21.4 Å². The number of imidazole rings is 1. The fourth-order valence-electron chi connectivity index (χ4n) is 3.16. The van der Waals surface area contributed by atoms with Crippen LogP contribution < -0.4 is 10.2 Å². The summed E-state index contributed by atoms with van der Waals surface area (Å²) in [7, 11) is 0. The number of thiazole rings is 1. The molecule has 0 saturated carbocycles. The molecule has 3 heterocycles. The highest BCUT2D eigenvalue weighted by Crippen LogP contribution is 2.23. The molecule has 0 unspecified atom stereocenters. The summed E-state index contributed by atoms with van der Waals surface area (Å²) in [6.45, 7) is 1.93. The normalized spacial score (nSPS) is 16.6. The molecule has 1 N–H and O–H groups in total. The predicted molar refractivity (Wildman–Crippen MR) is 102 cm³/mol. The highest BCUT2D eigenvalue weighted by atomic mass is 32.1. The maximum Gasteiger partial charge on any atom is 0.245 e. The standard InChI is InChI=1S/C19H18N6OS/c20-9-14-1-3-15(4-2-14)12-24-13-21-10-16(24)11-23-17-5-7-25(18(17)26)19-22-6-8-27-19/h1-4,6,8,10,13,17,23H,5,7,11-12H2/t17-/m0/s1. The van der Waals surface area contributed by atoms with Gasteiger partial charge in [0.25, 0.3) is 0 Å². The van der Waals surface area contributed by atoms with Gasteiger partial charge in [0.1, 0.15) is 0 Å². The van der Waals surface area contributed by atoms with Crippen molar-refractivity contribution in [3.05, 3.63) is 65.2 Å². The van der Waals surface area contributed by atoms with Crippen LogP contribution in [0.25, 0.3) is 0 Å². The van der Waals surface area contributed by atoms with E-state index in [1.165, 1.54) is 11.3 Å². The molecule has 0 spiro atoms. The Balaban J connectivity index is 1.37. The van der Waals surface area contributed by atoms with Crippen molar-refractivity contribution in [2.45, 2.75) is 25.6 Å². The molecule has 27 heavy (non-hydrogen) atoms. The second-order valence-electron chi connectivity index (χ2n) is 6.35. The molecular weight excluding hydrogens is 360 g/mol. The SMILES string of the molecule is N#Cc1ccc(Cn2cncc2CN[C@H]2CCN(c3nccs3)C2=O)cc1. The molecule has 1 atom stereocenters. The molecule has 1 aliphatic rings. The van der Waals surface area contributed by atoms with Gasteiger partial charge in [-0.2, -0.15) is 5.26 Å². The third-order valence-electron chi connectivity index (χ3n) is 4.62. The molecule has 0 radical (unpaired) electrons. The molecule has 1 saturated heterocycles. The van der Waals surface area contributed by atoms with Gasteiger partial charge in [0.05, 0.1) is 29.7 Å². The number of benzene rings is 1. The Hall–Kier alpha value is -3.02. The van der Waals surface area contributed by atoms with Gasteiger partial charge in [-0.25, -0.2) is 9.97 Å². The largest absolute Gasteiger partial charge is 0.329 e. The molecule has 1 aromatic carbocycles. The number of nitrogens with one attached hydrogen (secondary N) is 1. The second-order valence-corrected chi connectivity index (χ2v) is 7.22. The van der Waals surface area contributed by atoms with Crippen molar-refractivity contribution in [3.63, 3.8) is 0 Å². The summed E-state index contributed by atoms with van der Waals surface area (Å²) in [6.07, 6.45) is 6.08. The summed E-state index contributed by atoms with van der Waals surface area (Å²) in [5.74, 6) is 0.0723. The summed E-state index contributed by atoms with van der Waals surface area (Å²) >= 11 is 1.48. The van der Waals surface area contributed by atoms with Crippen LogP contribution in [0.1, 0.15) is 23.2 Å². The first kappa shape index (κ1) is 17.4. The molecule has 3 aromatic rings. The van der Waals surface area contributed by atoms with Gasteiger partial charge in [0.15, 0.2) is 5.13 Å². The van der Waals surface area contributed by atoms with E-state index in [9.17, 15) is 4.79 Å². The summed E-state index contributed by atoms with van der Waals surface area (Å²) in [5, 5.41) is 14.9. The lowest BCUT2D eigenvalue weighted by Crippen LogP contribution is -2.38. The third kappa shape index (κ3) is 3.74. The number of amides is 1. The van der Waals surface area contributed by atoms with Gasteiger partial charge in [-0.1, -0.05) is 12.1 Å². The molecular formula is C19H18N6OS. The highest BCUT2D eigenvalue weighted by molar-refractivity contribution is 7.13. The van der Waals surface area contributed by atoms with Gasteiger partial charge < -0.3 is 9.88 Å². The van der Waals surface area contributed by atoms with Crippen LogP contribution in [0.3, 0.4) is 0 Å². The van der Waals surface area contributed by atoms with Crippen LogP contribution in [0.4, 0.5) is 5.13 Å². The number of nitrogens with zero attached hydrogens (tertiary/aromatic N) is 5. The van der Waals surface area contributed by atoms with Crippen LogP contribution >= 0.6 is 11.3 Å². The lowest BCUT2D eigenvalue weighted by molar-refractivity contribution is -0.118. The first-order valence-electron chi connectivity index (χ1n) is 8.67. The number of carbonyl (C=O) groups is 1. The van der Waals surface area contributed by atoms with Crippen LogP contribution in [0.2, 0.25) is 0 Å². The fourth-order valence-corrected chi connectivity index (χ4v) is 3.83. The predicted octanol–water partition coefficient (Wildman–Crippen LogP) is 2.15. The van der Waals surface area contributed by atoms with Crippen LogP contribution in [0.15, 0.2) is 48.4 Å². The van der Waals surface area contributed by atoms with Crippen molar-refractivity contribution in [2.24, 2.45) is 0 Å². The molecule has 1 aliphatic heterocycles. The minimum Gasteiger partial charge on any atom is -0.329 e. The molecule has 2 aromatic heterocycles. The quantitative estimate of drug-likeness (QED) is 0.710. The van der Waals surface area contributed by atoms with Gasteiger partial charge >= 0.3 is 0 Å². The minimum atomic E-state index is -0.202. The number of anilines is 1. The van der Waals surface area contributed by atoms with Gasteiger partial charge in [0.2, 0.25) is 5.91 Å². The molecule has 0 bridgehead atoms. The van der Waals surface area contributed by atoms with Gasteiger partial charge in [-0.15, -0.1) is 11.3 Å². The maximum absolute atomic E-state index is 12.6. The van der Waals surface area contributed by atoms with Gasteiger partial charge in [-0.05, 0) is 24.1 Å². The molecule has 136 valence electrons. The second kappa shape index (κ2) is 7.70. The minimum absolute atomic E-state index is 0.0723. The van der Waals surface area contributed by atoms with E-state index in [1.807, 2.05) is 40.4 Å². The van der Waals surface area contributed by atoms with E-state index in [1.54, 1.807) is 17.4 Å². The topological polar surface area (TPSA) is 86.8 Å². The summed E-state index contributed by atoms with van der Waals surface area (Å²) in [5.41, 5.74) is 2.76. The van der Waals surface area contributed by atoms with E-state index < -0.39 is 0 Å². The number of carbonyl (C=O) groups excluding carboxylic acids is 1. The van der Waals surface area contributed by atoms with E-state index >= 15 is 0 Å². The Morgan fingerprint density at radius 2 is 2.19 bits per heavy atom. The van der Waals surface area contributed by atoms with Crippen molar-refractivity contribution in [1.29, 1.82) is 5.26 Å². The van der Waals surface area contributed by atoms with Crippen LogP contribution in [0, 0.1) is 11.3 Å². The lowest BCUT2D eigenvalue weighted by Gasteiger charge is -2.15. The zero-order chi connectivity index (χ0) is 18.6. The Morgan fingerprint density at radius 3 is 2.93 bits per heavy atom. The van der Waals surface area contributed by atoms with Crippen LogP contribution in [0.5, 0.6) is 0 Å². The Kier molecular flexibility index (Phi) is 4.96. The zero-order valence-electron chi connectivity index (χ0n) is 14.6. The zero-order valence-corrected chi connectivity index (χ0v) is 15.4. The average molecular weight is 378 g/mol. The smallest absolute Gasteiger partial charge is 0.245 e. The first-order chi connectivity index (χ1) is 13.2. The number of aromatic nitrogens is 3. The summed E-state index contributed by atoms with van der Waals surface area (Å²) < 4.78 is 2.05. The summed E-state index contributed by atoms with van der Waals surface area (Å²) in [6, 6.07) is 9.44. The maximum atomic E-state index is 12.6. The van der Waals surface area contributed by atoms with Gasteiger partial charge in [-0.3, -0.25) is 9.69 Å². The fraction of sp³-hybridized carbons (Fsp3) is 0.263. The van der Waals surface area contributed by atoms with E-state index in [4.69, 9.17) is 5.26 Å². The van der Waals surface area contributed by atoms with E-state index in [-0.39, 0.29) is 11.9 Å². The molecule has 1 fully saturated rings. The third-order valence-corrected chi connectivity index (χ3v) is 5.41. The Labute approximate surface area is 160 Å². The number of nitriles is 1. The number of rotatable bonds is 6. The molecule has 8 heteroatoms. The number of hydrogen-bond donors (Lipinski definition) is 1. The molecule has 4 rings (SSSR count). The van der Waals surface area contributed by atoms with Crippen molar-refractivity contribution in [2.75, 3.05) is 11.4 Å². The Bertz CT molecular complexity index is 957. The van der Waals surface area contributed by atoms with Crippen molar-refractivity contribution < 1.29 is 4.79 Å². The highest BCUT2D eigenvalue weighted by Gasteiger charge is 2.33. The van der Waals surface area contributed by atoms with Crippen molar-refractivity contribution in [3.8, 4) is 6.07 Å².